The highest BCUT2D eigenvalue weighted by Crippen LogP contribution is 2.31. The van der Waals surface area contributed by atoms with Crippen LogP contribution in [0.3, 0.4) is 0 Å². The van der Waals surface area contributed by atoms with E-state index in [1.165, 1.54) is 18.3 Å². The van der Waals surface area contributed by atoms with Gasteiger partial charge in [0.25, 0.3) is 5.91 Å². The number of halogens is 1. The second kappa shape index (κ2) is 7.23. The molecule has 6 heteroatoms. The fourth-order valence-corrected chi connectivity index (χ4v) is 3.72. The standard InChI is InChI=1S/C18H13IN2O2S/c1-11(22)16-15(12-7-3-2-4-8-12)20-18(24-16)21-17(23)13-9-5-6-10-14(13)19/h2-10H,1H3,(H,20,21,23). The van der Waals surface area contributed by atoms with Crippen molar-refractivity contribution in [2.24, 2.45) is 0 Å². The molecule has 2 aromatic carbocycles. The Kier molecular flexibility index (Phi) is 5.06. The van der Waals surface area contributed by atoms with Gasteiger partial charge in [0.1, 0.15) is 0 Å². The molecule has 0 unspecified atom stereocenters. The number of Topliss-reactive ketones (excluding diaryl/α,β-unsaturated/α-hetero) is 1. The van der Waals surface area contributed by atoms with Crippen molar-refractivity contribution in [3.8, 4) is 11.3 Å². The predicted octanol–water partition coefficient (Wildman–Crippen LogP) is 4.87. The Morgan fingerprint density at radius 2 is 1.71 bits per heavy atom. The van der Waals surface area contributed by atoms with E-state index >= 15 is 0 Å². The van der Waals surface area contributed by atoms with Crippen molar-refractivity contribution in [2.45, 2.75) is 6.92 Å². The molecule has 1 heterocycles. The van der Waals surface area contributed by atoms with E-state index in [2.05, 4.69) is 32.9 Å². The predicted molar refractivity (Wildman–Crippen MR) is 105 cm³/mol. The Morgan fingerprint density at radius 1 is 1.04 bits per heavy atom. The molecular formula is C18H13IN2O2S. The lowest BCUT2D eigenvalue weighted by molar-refractivity contribution is 0.101. The Hall–Kier alpha value is -2.06. The molecule has 0 fully saturated rings. The van der Waals surface area contributed by atoms with Crippen LogP contribution in [0.25, 0.3) is 11.3 Å². The van der Waals surface area contributed by atoms with Crippen LogP contribution in [-0.4, -0.2) is 16.7 Å². The van der Waals surface area contributed by atoms with Crippen molar-refractivity contribution < 1.29 is 9.59 Å². The average Bonchev–Trinajstić information content (AvgIpc) is 3.00. The zero-order chi connectivity index (χ0) is 17.1. The van der Waals surface area contributed by atoms with Crippen LogP contribution in [0.1, 0.15) is 27.0 Å². The molecule has 0 atom stereocenters. The first-order chi connectivity index (χ1) is 11.6. The summed E-state index contributed by atoms with van der Waals surface area (Å²) < 4.78 is 0.860. The SMILES string of the molecule is CC(=O)c1sc(NC(=O)c2ccccc2I)nc1-c1ccccc1. The number of nitrogens with zero attached hydrogens (tertiary/aromatic N) is 1. The second-order valence-electron chi connectivity index (χ2n) is 5.05. The highest BCUT2D eigenvalue weighted by molar-refractivity contribution is 14.1. The van der Waals surface area contributed by atoms with E-state index in [-0.39, 0.29) is 11.7 Å². The minimum absolute atomic E-state index is 0.0684. The zero-order valence-electron chi connectivity index (χ0n) is 12.7. The van der Waals surface area contributed by atoms with Crippen molar-refractivity contribution in [3.63, 3.8) is 0 Å². The van der Waals surface area contributed by atoms with Gasteiger partial charge >= 0.3 is 0 Å². The molecule has 0 aliphatic heterocycles. The molecule has 0 radical (unpaired) electrons. The largest absolute Gasteiger partial charge is 0.298 e. The Morgan fingerprint density at radius 3 is 2.38 bits per heavy atom. The zero-order valence-corrected chi connectivity index (χ0v) is 15.7. The number of hydrogen-bond acceptors (Lipinski definition) is 4. The van der Waals surface area contributed by atoms with E-state index in [9.17, 15) is 9.59 Å². The smallest absolute Gasteiger partial charge is 0.258 e. The molecule has 0 spiro atoms. The van der Waals surface area contributed by atoms with Gasteiger partial charge in [0, 0.05) is 16.1 Å². The lowest BCUT2D eigenvalue weighted by atomic mass is 10.1. The van der Waals surface area contributed by atoms with Crippen molar-refractivity contribution >= 4 is 50.7 Å². The lowest BCUT2D eigenvalue weighted by Crippen LogP contribution is -2.13. The summed E-state index contributed by atoms with van der Waals surface area (Å²) in [6.45, 7) is 1.51. The molecule has 120 valence electrons. The number of benzene rings is 2. The van der Waals surface area contributed by atoms with Gasteiger partial charge in [-0.05, 0) is 34.7 Å². The topological polar surface area (TPSA) is 59.1 Å². The average molecular weight is 448 g/mol. The van der Waals surface area contributed by atoms with Crippen LogP contribution >= 0.6 is 33.9 Å². The third-order valence-corrected chi connectivity index (χ3v) is 5.35. The monoisotopic (exact) mass is 448 g/mol. The van der Waals surface area contributed by atoms with E-state index in [1.54, 1.807) is 6.07 Å². The van der Waals surface area contributed by atoms with Gasteiger partial charge < -0.3 is 0 Å². The number of aromatic nitrogens is 1. The summed E-state index contributed by atoms with van der Waals surface area (Å²) in [7, 11) is 0. The molecule has 0 saturated heterocycles. The Labute approximate surface area is 157 Å². The van der Waals surface area contributed by atoms with E-state index in [4.69, 9.17) is 0 Å². The van der Waals surface area contributed by atoms with E-state index in [1.807, 2.05) is 48.5 Å². The van der Waals surface area contributed by atoms with Gasteiger partial charge in [0.05, 0.1) is 16.1 Å². The quantitative estimate of drug-likeness (QED) is 0.458. The van der Waals surface area contributed by atoms with Gasteiger partial charge in [-0.2, -0.15) is 0 Å². The van der Waals surface area contributed by atoms with Crippen LogP contribution in [0.5, 0.6) is 0 Å². The van der Waals surface area contributed by atoms with Gasteiger partial charge in [-0.25, -0.2) is 4.98 Å². The molecule has 1 amide bonds. The summed E-state index contributed by atoms with van der Waals surface area (Å²) in [5, 5.41) is 3.22. The number of hydrogen-bond donors (Lipinski definition) is 1. The van der Waals surface area contributed by atoms with Crippen molar-refractivity contribution in [1.82, 2.24) is 4.98 Å². The van der Waals surface area contributed by atoms with Crippen LogP contribution in [0.4, 0.5) is 5.13 Å². The maximum Gasteiger partial charge on any atom is 0.258 e. The Balaban J connectivity index is 1.94. The van der Waals surface area contributed by atoms with E-state index in [0.29, 0.717) is 21.3 Å². The molecule has 3 aromatic rings. The molecule has 1 N–H and O–H groups in total. The molecule has 0 aliphatic rings. The summed E-state index contributed by atoms with van der Waals surface area (Å²) >= 11 is 3.31. The molecule has 4 nitrogen and oxygen atoms in total. The second-order valence-corrected chi connectivity index (χ2v) is 7.21. The number of carbonyl (C=O) groups is 2. The summed E-state index contributed by atoms with van der Waals surface area (Å²) in [4.78, 5) is 29.3. The van der Waals surface area contributed by atoms with Crippen molar-refractivity contribution in [2.75, 3.05) is 5.32 Å². The molecule has 0 aliphatic carbocycles. The van der Waals surface area contributed by atoms with Crippen LogP contribution < -0.4 is 5.32 Å². The molecular weight excluding hydrogens is 435 g/mol. The molecule has 0 saturated carbocycles. The van der Waals surface area contributed by atoms with Crippen molar-refractivity contribution in [3.05, 3.63) is 68.6 Å². The molecule has 0 bridgehead atoms. The van der Waals surface area contributed by atoms with Gasteiger partial charge in [-0.15, -0.1) is 0 Å². The van der Waals surface area contributed by atoms with Crippen molar-refractivity contribution in [1.29, 1.82) is 0 Å². The summed E-state index contributed by atoms with van der Waals surface area (Å²) in [6, 6.07) is 16.8. The molecule has 24 heavy (non-hydrogen) atoms. The summed E-state index contributed by atoms with van der Waals surface area (Å²) in [5.74, 6) is -0.301. The van der Waals surface area contributed by atoms with Gasteiger partial charge in [-0.1, -0.05) is 53.8 Å². The van der Waals surface area contributed by atoms with Crippen LogP contribution in [-0.2, 0) is 0 Å². The summed E-state index contributed by atoms with van der Waals surface area (Å²) in [6.07, 6.45) is 0. The highest BCUT2D eigenvalue weighted by atomic mass is 127. The fourth-order valence-electron chi connectivity index (χ4n) is 2.21. The normalized spacial score (nSPS) is 10.4. The van der Waals surface area contributed by atoms with Crippen LogP contribution in [0, 0.1) is 3.57 Å². The lowest BCUT2D eigenvalue weighted by Gasteiger charge is -2.03. The van der Waals surface area contributed by atoms with E-state index in [0.717, 1.165) is 9.13 Å². The number of nitrogens with one attached hydrogen (secondary N) is 1. The first-order valence-corrected chi connectivity index (χ1v) is 9.09. The third kappa shape index (κ3) is 3.54. The maximum absolute atomic E-state index is 12.4. The summed E-state index contributed by atoms with van der Waals surface area (Å²) in [5.41, 5.74) is 2.04. The number of anilines is 1. The van der Waals surface area contributed by atoms with E-state index < -0.39 is 0 Å². The number of rotatable bonds is 4. The van der Waals surface area contributed by atoms with Gasteiger partial charge in [0.15, 0.2) is 10.9 Å². The number of thiazole rings is 1. The third-order valence-electron chi connectivity index (χ3n) is 3.33. The first kappa shape index (κ1) is 16.8. The minimum Gasteiger partial charge on any atom is -0.298 e. The minimum atomic E-state index is -0.233. The fraction of sp³-hybridized carbons (Fsp3) is 0.0556. The van der Waals surface area contributed by atoms with Crippen LogP contribution in [0.15, 0.2) is 54.6 Å². The maximum atomic E-state index is 12.4. The van der Waals surface area contributed by atoms with Gasteiger partial charge in [0.2, 0.25) is 0 Å². The van der Waals surface area contributed by atoms with Gasteiger partial charge in [-0.3, -0.25) is 14.9 Å². The number of amides is 1. The number of carbonyl (C=O) groups excluding carboxylic acids is 2. The first-order valence-electron chi connectivity index (χ1n) is 7.19. The highest BCUT2D eigenvalue weighted by Gasteiger charge is 2.18. The number of ketones is 1. The Bertz CT molecular complexity index is 906. The molecule has 1 aromatic heterocycles. The molecule has 3 rings (SSSR count). The van der Waals surface area contributed by atoms with Crippen LogP contribution in [0.2, 0.25) is 0 Å².